The zero-order chi connectivity index (χ0) is 18.1. The molecule has 26 heavy (non-hydrogen) atoms. The Morgan fingerprint density at radius 2 is 1.77 bits per heavy atom. The van der Waals surface area contributed by atoms with E-state index in [1.165, 1.54) is 44.1 Å². The Hall–Kier alpha value is -1.59. The van der Waals surface area contributed by atoms with Crippen molar-refractivity contribution < 1.29 is 19.0 Å². The lowest BCUT2D eigenvalue weighted by atomic mass is 9.48. The molecule has 1 aromatic carbocycles. The minimum absolute atomic E-state index is 0.158. The van der Waals surface area contributed by atoms with Crippen molar-refractivity contribution in [2.45, 2.75) is 43.9 Å². The van der Waals surface area contributed by atoms with E-state index in [1.54, 1.807) is 13.2 Å². The summed E-state index contributed by atoms with van der Waals surface area (Å²) < 4.78 is 16.5. The quantitative estimate of drug-likeness (QED) is 0.571. The van der Waals surface area contributed by atoms with E-state index in [-0.39, 0.29) is 12.2 Å². The Morgan fingerprint density at radius 1 is 1.12 bits per heavy atom. The molecular weight excluding hydrogens is 330 g/mol. The van der Waals surface area contributed by atoms with Crippen molar-refractivity contribution in [1.29, 1.82) is 0 Å². The van der Waals surface area contributed by atoms with Crippen LogP contribution in [-0.2, 0) is 14.9 Å². The number of hydrogen-bond acceptors (Lipinski definition) is 4. The molecule has 4 fully saturated rings. The molecule has 5 rings (SSSR count). The van der Waals surface area contributed by atoms with Gasteiger partial charge >= 0.3 is 0 Å². The Morgan fingerprint density at radius 3 is 2.35 bits per heavy atom. The zero-order valence-corrected chi connectivity index (χ0v) is 15.5. The number of amides is 1. The smallest absolute Gasteiger partial charge is 0.248 e. The van der Waals surface area contributed by atoms with Crippen molar-refractivity contribution in [3.63, 3.8) is 0 Å². The van der Waals surface area contributed by atoms with Crippen molar-refractivity contribution in [3.8, 4) is 5.75 Å². The van der Waals surface area contributed by atoms with E-state index in [0.29, 0.717) is 18.8 Å². The second-order valence-electron chi connectivity index (χ2n) is 8.44. The normalized spacial score (nSPS) is 32.0. The van der Waals surface area contributed by atoms with Gasteiger partial charge in [0, 0.05) is 18.2 Å². The average Bonchev–Trinajstić information content (AvgIpc) is 2.60. The highest BCUT2D eigenvalue weighted by Crippen LogP contribution is 2.61. The van der Waals surface area contributed by atoms with E-state index >= 15 is 0 Å². The van der Waals surface area contributed by atoms with Gasteiger partial charge in [-0.15, -0.1) is 0 Å². The zero-order valence-electron chi connectivity index (χ0n) is 15.5. The second-order valence-corrected chi connectivity index (χ2v) is 8.44. The highest BCUT2D eigenvalue weighted by atomic mass is 16.7. The molecule has 4 aliphatic carbocycles. The molecule has 1 amide bonds. The van der Waals surface area contributed by atoms with E-state index in [1.807, 2.05) is 6.07 Å². The van der Waals surface area contributed by atoms with Gasteiger partial charge in [-0.05, 0) is 73.8 Å². The summed E-state index contributed by atoms with van der Waals surface area (Å²) in [7, 11) is 1.64. The van der Waals surface area contributed by atoms with Crippen LogP contribution in [0.4, 0.5) is 0 Å². The molecule has 0 unspecified atom stereocenters. The summed E-state index contributed by atoms with van der Waals surface area (Å²) >= 11 is 0. The standard InChI is InChI=1S/C21H29NO4/c1-24-4-5-25-13-26-19-9-17(20(22)23)2-3-18(19)21-10-14-6-15(11-21)8-16(7-14)12-21/h2-3,9,14-16H,4-8,10-13H2,1H3,(H2,22,23). The van der Waals surface area contributed by atoms with Gasteiger partial charge in [0.2, 0.25) is 5.91 Å². The Labute approximate surface area is 155 Å². The third-order valence-corrected chi connectivity index (χ3v) is 6.61. The topological polar surface area (TPSA) is 70.8 Å². The lowest BCUT2D eigenvalue weighted by Crippen LogP contribution is -2.48. The van der Waals surface area contributed by atoms with Gasteiger partial charge in [-0.2, -0.15) is 0 Å². The maximum Gasteiger partial charge on any atom is 0.248 e. The largest absolute Gasteiger partial charge is 0.467 e. The number of ether oxygens (including phenoxy) is 3. The molecule has 0 radical (unpaired) electrons. The van der Waals surface area contributed by atoms with Crippen molar-refractivity contribution in [1.82, 2.24) is 0 Å². The van der Waals surface area contributed by atoms with Crippen LogP contribution >= 0.6 is 0 Å². The fourth-order valence-corrected chi connectivity index (χ4v) is 5.98. The first kappa shape index (κ1) is 17.8. The summed E-state index contributed by atoms with van der Waals surface area (Å²) in [6.07, 6.45) is 7.93. The predicted octanol–water partition coefficient (Wildman–Crippen LogP) is 3.25. The van der Waals surface area contributed by atoms with Crippen LogP contribution in [0.1, 0.15) is 54.4 Å². The lowest BCUT2D eigenvalue weighted by molar-refractivity contribution is -0.0190. The first-order valence-corrected chi connectivity index (χ1v) is 9.73. The molecule has 0 saturated heterocycles. The summed E-state index contributed by atoms with van der Waals surface area (Å²) in [6.45, 7) is 1.18. The highest BCUT2D eigenvalue weighted by molar-refractivity contribution is 5.93. The molecule has 0 heterocycles. The number of hydrogen-bond donors (Lipinski definition) is 1. The van der Waals surface area contributed by atoms with Gasteiger partial charge < -0.3 is 19.9 Å². The third-order valence-electron chi connectivity index (χ3n) is 6.61. The fourth-order valence-electron chi connectivity index (χ4n) is 5.98. The molecule has 1 aromatic rings. The SMILES string of the molecule is COCCOCOc1cc(C(N)=O)ccc1C12CC3CC(CC(C3)C1)C2. The van der Waals surface area contributed by atoms with Crippen LogP contribution in [0.15, 0.2) is 18.2 Å². The lowest BCUT2D eigenvalue weighted by Gasteiger charge is -2.57. The van der Waals surface area contributed by atoms with Gasteiger partial charge in [-0.1, -0.05) is 6.07 Å². The molecule has 5 heteroatoms. The van der Waals surface area contributed by atoms with Gasteiger partial charge in [0.1, 0.15) is 5.75 Å². The molecule has 0 spiro atoms. The molecule has 2 N–H and O–H groups in total. The minimum Gasteiger partial charge on any atom is -0.467 e. The van der Waals surface area contributed by atoms with Crippen LogP contribution in [0.2, 0.25) is 0 Å². The number of rotatable bonds is 8. The van der Waals surface area contributed by atoms with Crippen LogP contribution < -0.4 is 10.5 Å². The molecule has 4 bridgehead atoms. The van der Waals surface area contributed by atoms with Gasteiger partial charge in [0.25, 0.3) is 0 Å². The number of carbonyl (C=O) groups is 1. The Bertz CT molecular complexity index is 637. The van der Waals surface area contributed by atoms with Gasteiger partial charge in [0.15, 0.2) is 6.79 Å². The molecule has 0 aliphatic heterocycles. The maximum absolute atomic E-state index is 11.6. The summed E-state index contributed by atoms with van der Waals surface area (Å²) in [5.74, 6) is 2.89. The summed E-state index contributed by atoms with van der Waals surface area (Å²) in [6, 6.07) is 5.74. The van der Waals surface area contributed by atoms with Crippen molar-refractivity contribution >= 4 is 5.91 Å². The number of primary amides is 1. The van der Waals surface area contributed by atoms with Crippen LogP contribution in [0.5, 0.6) is 5.75 Å². The highest BCUT2D eigenvalue weighted by Gasteiger charge is 2.52. The number of benzene rings is 1. The van der Waals surface area contributed by atoms with Crippen LogP contribution in [0.3, 0.4) is 0 Å². The van der Waals surface area contributed by atoms with Gasteiger partial charge in [0.05, 0.1) is 13.2 Å². The van der Waals surface area contributed by atoms with E-state index in [9.17, 15) is 4.79 Å². The molecule has 4 aliphatic rings. The van der Waals surface area contributed by atoms with Crippen LogP contribution in [0.25, 0.3) is 0 Å². The fraction of sp³-hybridized carbons (Fsp3) is 0.667. The summed E-state index contributed by atoms with van der Waals surface area (Å²) in [5, 5.41) is 0. The monoisotopic (exact) mass is 359 g/mol. The molecule has 0 atom stereocenters. The maximum atomic E-state index is 11.6. The number of methoxy groups -OCH3 is 1. The van der Waals surface area contributed by atoms with Crippen molar-refractivity contribution in [3.05, 3.63) is 29.3 Å². The van der Waals surface area contributed by atoms with E-state index < -0.39 is 5.91 Å². The first-order chi connectivity index (χ1) is 12.6. The molecule has 5 nitrogen and oxygen atoms in total. The Kier molecular flexibility index (Phi) is 4.93. The molecule has 4 saturated carbocycles. The number of carbonyl (C=O) groups excluding carboxylic acids is 1. The van der Waals surface area contributed by atoms with Gasteiger partial charge in [-0.25, -0.2) is 0 Å². The molecule has 142 valence electrons. The molecule has 0 aromatic heterocycles. The third kappa shape index (κ3) is 3.35. The van der Waals surface area contributed by atoms with Crippen molar-refractivity contribution in [2.24, 2.45) is 23.5 Å². The average molecular weight is 359 g/mol. The van der Waals surface area contributed by atoms with Crippen LogP contribution in [0, 0.1) is 17.8 Å². The van der Waals surface area contributed by atoms with E-state index in [4.69, 9.17) is 19.9 Å². The summed E-state index contributed by atoms with van der Waals surface area (Å²) in [5.41, 5.74) is 7.43. The molecular formula is C21H29NO4. The van der Waals surface area contributed by atoms with E-state index in [0.717, 1.165) is 23.5 Å². The minimum atomic E-state index is -0.424. The van der Waals surface area contributed by atoms with Crippen molar-refractivity contribution in [2.75, 3.05) is 27.1 Å². The van der Waals surface area contributed by atoms with E-state index in [2.05, 4.69) is 6.07 Å². The summed E-state index contributed by atoms with van der Waals surface area (Å²) in [4.78, 5) is 11.6. The van der Waals surface area contributed by atoms with Crippen LogP contribution in [-0.4, -0.2) is 33.0 Å². The predicted molar refractivity (Wildman–Crippen MR) is 98.1 cm³/mol. The van der Waals surface area contributed by atoms with Gasteiger partial charge in [-0.3, -0.25) is 4.79 Å². The first-order valence-electron chi connectivity index (χ1n) is 9.73. The number of nitrogens with two attached hydrogens (primary N) is 1. The Balaban J connectivity index is 1.59. The second kappa shape index (κ2) is 7.20.